The average molecular weight is 540 g/mol. The number of nitrogens with zero attached hydrogens (tertiary/aromatic N) is 2. The Kier molecular flexibility index (Phi) is 11.2. The number of hydrogen-bond donors (Lipinski definition) is 2. The van der Waals surface area contributed by atoms with Gasteiger partial charge in [0.2, 0.25) is 5.43 Å². The van der Waals surface area contributed by atoms with E-state index >= 15 is 4.39 Å². The molecule has 10 heteroatoms. The van der Waals surface area contributed by atoms with E-state index < -0.39 is 17.2 Å². The number of rotatable bonds is 11. The van der Waals surface area contributed by atoms with Gasteiger partial charge in [0, 0.05) is 38.3 Å². The smallest absolute Gasteiger partial charge is 0.341 e. The van der Waals surface area contributed by atoms with Crippen LogP contribution in [0.2, 0.25) is 0 Å². The molecule has 0 amide bonds. The van der Waals surface area contributed by atoms with E-state index in [1.165, 1.54) is 37.9 Å². The molecular weight excluding hydrogens is 501 g/mol. The van der Waals surface area contributed by atoms with Gasteiger partial charge in [0.15, 0.2) is 0 Å². The van der Waals surface area contributed by atoms with Crippen LogP contribution >= 0.6 is 12.4 Å². The molecule has 0 saturated carbocycles. The molecule has 1 aromatic carbocycles. The summed E-state index contributed by atoms with van der Waals surface area (Å²) in [5, 5.41) is 13.0. The summed E-state index contributed by atoms with van der Waals surface area (Å²) in [5.41, 5.74) is -0.0576. The van der Waals surface area contributed by atoms with Crippen molar-refractivity contribution in [3.63, 3.8) is 0 Å². The lowest BCUT2D eigenvalue weighted by Gasteiger charge is -2.35. The molecule has 37 heavy (non-hydrogen) atoms. The van der Waals surface area contributed by atoms with E-state index in [1.54, 1.807) is 17.7 Å². The van der Waals surface area contributed by atoms with Crippen LogP contribution in [0.4, 0.5) is 10.1 Å². The molecule has 1 aromatic heterocycles. The van der Waals surface area contributed by atoms with E-state index in [0.29, 0.717) is 43.5 Å². The predicted molar refractivity (Wildman–Crippen MR) is 145 cm³/mol. The van der Waals surface area contributed by atoms with Crippen molar-refractivity contribution < 1.29 is 23.8 Å². The van der Waals surface area contributed by atoms with E-state index in [9.17, 15) is 14.7 Å². The van der Waals surface area contributed by atoms with Gasteiger partial charge in [-0.2, -0.15) is 0 Å². The van der Waals surface area contributed by atoms with E-state index in [-0.39, 0.29) is 23.4 Å². The van der Waals surface area contributed by atoms with Gasteiger partial charge in [-0.25, -0.2) is 9.18 Å². The first kappa shape index (κ1) is 29.4. The van der Waals surface area contributed by atoms with Gasteiger partial charge >= 0.3 is 5.97 Å². The first-order valence-electron chi connectivity index (χ1n) is 13.1. The number of benzene rings is 1. The van der Waals surface area contributed by atoms with Crippen molar-refractivity contribution in [2.45, 2.75) is 45.1 Å². The number of nitrogens with one attached hydrogen (secondary N) is 1. The molecule has 0 radical (unpaired) electrons. The lowest BCUT2D eigenvalue weighted by atomic mass is 9.85. The van der Waals surface area contributed by atoms with Crippen molar-refractivity contribution in [1.82, 2.24) is 9.88 Å². The molecule has 2 fully saturated rings. The second-order valence-corrected chi connectivity index (χ2v) is 10.00. The van der Waals surface area contributed by atoms with Crippen LogP contribution in [-0.4, -0.2) is 68.8 Å². The van der Waals surface area contributed by atoms with Crippen LogP contribution in [0.3, 0.4) is 0 Å². The second kappa shape index (κ2) is 14.1. The van der Waals surface area contributed by atoms with Crippen molar-refractivity contribution >= 4 is 35.0 Å². The fraction of sp³-hybridized carbons (Fsp3) is 0.630. The minimum atomic E-state index is -1.33. The summed E-state index contributed by atoms with van der Waals surface area (Å²) in [4.78, 5) is 26.5. The molecule has 206 valence electrons. The van der Waals surface area contributed by atoms with Crippen LogP contribution in [0.15, 0.2) is 23.1 Å². The Labute approximate surface area is 223 Å². The van der Waals surface area contributed by atoms with Crippen molar-refractivity contribution in [1.29, 1.82) is 0 Å². The van der Waals surface area contributed by atoms with E-state index in [1.807, 2.05) is 0 Å². The quantitative estimate of drug-likeness (QED) is 0.418. The molecule has 8 nitrogen and oxygen atoms in total. The monoisotopic (exact) mass is 539 g/mol. The van der Waals surface area contributed by atoms with Gasteiger partial charge in [-0.1, -0.05) is 12.8 Å². The van der Waals surface area contributed by atoms with Crippen molar-refractivity contribution in [3.05, 3.63) is 39.9 Å². The number of hydrogen-bond acceptors (Lipinski definition) is 6. The summed E-state index contributed by atoms with van der Waals surface area (Å²) >= 11 is 0. The SMILES string of the molecule is COCCOCCn1cc(C(=O)O)c(=O)c2cc(F)c(N3CCC(CCC4CCNCC4)CC3)cc21.Cl. The molecule has 0 unspecified atom stereocenters. The Morgan fingerprint density at radius 1 is 1.08 bits per heavy atom. The largest absolute Gasteiger partial charge is 0.477 e. The third-order valence-corrected chi connectivity index (χ3v) is 7.68. The highest BCUT2D eigenvalue weighted by Gasteiger charge is 2.24. The first-order valence-corrected chi connectivity index (χ1v) is 13.1. The number of aromatic nitrogens is 1. The predicted octanol–water partition coefficient (Wildman–Crippen LogP) is 3.92. The van der Waals surface area contributed by atoms with Gasteiger partial charge in [-0.15, -0.1) is 12.4 Å². The number of anilines is 1. The van der Waals surface area contributed by atoms with Gasteiger partial charge in [-0.3, -0.25) is 4.79 Å². The summed E-state index contributed by atoms with van der Waals surface area (Å²) < 4.78 is 27.5. The summed E-state index contributed by atoms with van der Waals surface area (Å²) in [6.45, 7) is 5.32. The molecule has 2 N–H and O–H groups in total. The van der Waals surface area contributed by atoms with Crippen molar-refractivity contribution in [2.75, 3.05) is 58.0 Å². The third kappa shape index (κ3) is 7.44. The standard InChI is InChI=1S/C27H38FN3O5.ClH/c1-35-14-15-36-13-12-31-18-22(27(33)34)26(32)21-16-23(28)25(17-24(21)31)30-10-6-20(7-11-30)3-2-19-4-8-29-9-5-19;/h16-20,29H,2-15H2,1H3,(H,33,34);1H. The van der Waals surface area contributed by atoms with Gasteiger partial charge in [-0.05, 0) is 62.7 Å². The highest BCUT2D eigenvalue weighted by molar-refractivity contribution is 5.93. The Hall–Kier alpha value is -2.20. The number of halogens is 2. The lowest BCUT2D eigenvalue weighted by molar-refractivity contribution is 0.0663. The highest BCUT2D eigenvalue weighted by Crippen LogP contribution is 2.32. The molecular formula is C27H39ClFN3O5. The van der Waals surface area contributed by atoms with Gasteiger partial charge in [0.25, 0.3) is 0 Å². The topological polar surface area (TPSA) is 93.0 Å². The molecule has 4 rings (SSSR count). The maximum absolute atomic E-state index is 15.2. The zero-order valence-electron chi connectivity index (χ0n) is 21.5. The molecule has 0 aliphatic carbocycles. The number of piperidine rings is 2. The van der Waals surface area contributed by atoms with Crippen molar-refractivity contribution in [3.8, 4) is 0 Å². The molecule has 2 aromatic rings. The summed E-state index contributed by atoms with van der Waals surface area (Å²) in [5.74, 6) is -0.321. The van der Waals surface area contributed by atoms with Crippen molar-refractivity contribution in [2.24, 2.45) is 11.8 Å². The van der Waals surface area contributed by atoms with Crippen LogP contribution in [0.5, 0.6) is 0 Å². The molecule has 0 atom stereocenters. The number of aromatic carboxylic acids is 1. The number of carboxylic acid groups (broad SMARTS) is 1. The number of carbonyl (C=O) groups is 1. The Balaban J connectivity index is 0.00000380. The Bertz CT molecular complexity index is 1100. The van der Waals surface area contributed by atoms with Crippen LogP contribution in [-0.2, 0) is 16.0 Å². The van der Waals surface area contributed by atoms with E-state index in [4.69, 9.17) is 9.47 Å². The van der Waals surface area contributed by atoms with Gasteiger partial charge in [0.05, 0.1) is 31.0 Å². The maximum Gasteiger partial charge on any atom is 0.341 e. The Morgan fingerprint density at radius 2 is 1.76 bits per heavy atom. The maximum atomic E-state index is 15.2. The van der Waals surface area contributed by atoms with E-state index in [0.717, 1.165) is 44.9 Å². The zero-order valence-corrected chi connectivity index (χ0v) is 22.4. The molecule has 0 spiro atoms. The fourth-order valence-electron chi connectivity index (χ4n) is 5.49. The van der Waals surface area contributed by atoms with Gasteiger partial charge < -0.3 is 29.4 Å². The van der Waals surface area contributed by atoms with Crippen LogP contribution in [0, 0.1) is 17.7 Å². The minimum Gasteiger partial charge on any atom is -0.477 e. The summed E-state index contributed by atoms with van der Waals surface area (Å²) in [6.07, 6.45) is 8.44. The normalized spacial score (nSPS) is 17.2. The second-order valence-electron chi connectivity index (χ2n) is 10.00. The summed E-state index contributed by atoms with van der Waals surface area (Å²) in [6, 6.07) is 2.90. The van der Waals surface area contributed by atoms with Crippen LogP contribution < -0.4 is 15.6 Å². The number of methoxy groups -OCH3 is 1. The van der Waals surface area contributed by atoms with E-state index in [2.05, 4.69) is 10.2 Å². The van der Waals surface area contributed by atoms with Gasteiger partial charge in [0.1, 0.15) is 11.4 Å². The molecule has 0 bridgehead atoms. The summed E-state index contributed by atoms with van der Waals surface area (Å²) in [7, 11) is 1.59. The Morgan fingerprint density at radius 3 is 2.41 bits per heavy atom. The number of carboxylic acids is 1. The first-order chi connectivity index (χ1) is 17.5. The van der Waals surface area contributed by atoms with Crippen LogP contribution in [0.25, 0.3) is 10.9 Å². The number of ether oxygens (including phenoxy) is 2. The number of fused-ring (bicyclic) bond motifs is 1. The minimum absolute atomic E-state index is 0. The number of pyridine rings is 1. The molecule has 2 aliphatic heterocycles. The molecule has 2 saturated heterocycles. The van der Waals surface area contributed by atoms with Crippen LogP contribution in [0.1, 0.15) is 48.9 Å². The lowest BCUT2D eigenvalue weighted by Crippen LogP contribution is -2.35. The fourth-order valence-corrected chi connectivity index (χ4v) is 5.49. The zero-order chi connectivity index (χ0) is 25.5. The third-order valence-electron chi connectivity index (χ3n) is 7.68. The average Bonchev–Trinajstić information content (AvgIpc) is 2.89. The highest BCUT2D eigenvalue weighted by atomic mass is 35.5. The molecule has 2 aliphatic rings. The molecule has 3 heterocycles.